The van der Waals surface area contributed by atoms with Crippen molar-refractivity contribution >= 4 is 44.8 Å². The van der Waals surface area contributed by atoms with Gasteiger partial charge in [-0.3, -0.25) is 4.79 Å². The lowest BCUT2D eigenvalue weighted by Crippen LogP contribution is -2.21. The molecule has 2 heterocycles. The van der Waals surface area contributed by atoms with Crippen LogP contribution in [-0.4, -0.2) is 35.6 Å². The number of carbonyl (C=O) groups excluding carboxylic acids is 1. The minimum Gasteiger partial charge on any atom is -0.311 e. The summed E-state index contributed by atoms with van der Waals surface area (Å²) in [6.45, 7) is 6.04. The highest BCUT2D eigenvalue weighted by Gasteiger charge is 2.33. The zero-order valence-corrected chi connectivity index (χ0v) is 18.3. The Morgan fingerprint density at radius 1 is 1.29 bits per heavy atom. The number of sulfone groups is 1. The fourth-order valence-electron chi connectivity index (χ4n) is 3.15. The molecule has 9 heteroatoms. The van der Waals surface area contributed by atoms with Crippen LogP contribution < -0.4 is 5.32 Å². The number of rotatable bonds is 4. The molecule has 1 N–H and O–H groups in total. The molecule has 1 aliphatic rings. The molecule has 0 radical (unpaired) electrons. The summed E-state index contributed by atoms with van der Waals surface area (Å²) in [5, 5.41) is 8.32. The number of aromatic nitrogens is 2. The van der Waals surface area contributed by atoms with E-state index >= 15 is 0 Å². The molecule has 1 atom stereocenters. The summed E-state index contributed by atoms with van der Waals surface area (Å²) in [5.41, 5.74) is 1.09. The van der Waals surface area contributed by atoms with Gasteiger partial charge in [0.25, 0.3) is 0 Å². The number of anilines is 1. The van der Waals surface area contributed by atoms with Crippen LogP contribution in [-0.2, 0) is 26.5 Å². The molecule has 1 fully saturated rings. The molecule has 0 aliphatic carbocycles. The average molecular weight is 444 g/mol. The zero-order valence-electron chi connectivity index (χ0n) is 16.0. The van der Waals surface area contributed by atoms with E-state index in [0.29, 0.717) is 27.8 Å². The smallest absolute Gasteiger partial charge is 0.230 e. The summed E-state index contributed by atoms with van der Waals surface area (Å²) < 4.78 is 25.5. The van der Waals surface area contributed by atoms with Crippen molar-refractivity contribution in [3.05, 3.63) is 45.6 Å². The quantitative estimate of drug-likeness (QED) is 0.772. The molecule has 1 amide bonds. The van der Waals surface area contributed by atoms with Gasteiger partial charge in [0.15, 0.2) is 9.84 Å². The number of carbonyl (C=O) groups is 1. The van der Waals surface area contributed by atoms with Crippen molar-refractivity contribution < 1.29 is 13.2 Å². The first-order valence-corrected chi connectivity index (χ1v) is 11.6. The summed E-state index contributed by atoms with van der Waals surface area (Å²) in [4.78, 5) is 12.7. The van der Waals surface area contributed by atoms with Gasteiger partial charge in [0.2, 0.25) is 5.91 Å². The highest BCUT2D eigenvalue weighted by molar-refractivity contribution is 7.91. The van der Waals surface area contributed by atoms with Gasteiger partial charge in [0.05, 0.1) is 29.7 Å². The van der Waals surface area contributed by atoms with E-state index in [2.05, 4.69) is 10.4 Å². The molecule has 6 nitrogen and oxygen atoms in total. The molecular formula is C19H23Cl2N3O3S. The lowest BCUT2D eigenvalue weighted by molar-refractivity contribution is -0.115. The molecule has 152 valence electrons. The minimum absolute atomic E-state index is 0.0114. The number of nitrogens with one attached hydrogen (secondary N) is 1. The maximum absolute atomic E-state index is 12.7. The predicted octanol–water partition coefficient (Wildman–Crippen LogP) is 4.03. The Bertz CT molecular complexity index is 990. The van der Waals surface area contributed by atoms with Crippen molar-refractivity contribution in [1.82, 2.24) is 9.78 Å². The minimum atomic E-state index is -3.08. The summed E-state index contributed by atoms with van der Waals surface area (Å²) in [7, 11) is -3.08. The molecular weight excluding hydrogens is 421 g/mol. The van der Waals surface area contributed by atoms with E-state index in [0.717, 1.165) is 5.69 Å². The highest BCUT2D eigenvalue weighted by Crippen LogP contribution is 2.31. The molecule has 0 spiro atoms. The number of amides is 1. The second-order valence-electron chi connectivity index (χ2n) is 8.09. The van der Waals surface area contributed by atoms with E-state index < -0.39 is 9.84 Å². The summed E-state index contributed by atoms with van der Waals surface area (Å²) >= 11 is 12.3. The number of nitrogens with zero attached hydrogens (tertiary/aromatic N) is 2. The van der Waals surface area contributed by atoms with Gasteiger partial charge < -0.3 is 5.32 Å². The van der Waals surface area contributed by atoms with Gasteiger partial charge >= 0.3 is 0 Å². The lowest BCUT2D eigenvalue weighted by atomic mass is 9.92. The van der Waals surface area contributed by atoms with Crippen molar-refractivity contribution in [3.63, 3.8) is 0 Å². The largest absolute Gasteiger partial charge is 0.311 e. The molecule has 1 aromatic heterocycles. The van der Waals surface area contributed by atoms with Crippen molar-refractivity contribution in [2.75, 3.05) is 16.8 Å². The van der Waals surface area contributed by atoms with Crippen LogP contribution in [0.1, 0.15) is 44.5 Å². The van der Waals surface area contributed by atoms with Crippen molar-refractivity contribution in [1.29, 1.82) is 0 Å². The number of hydrogen-bond acceptors (Lipinski definition) is 4. The molecule has 1 unspecified atom stereocenters. The maximum atomic E-state index is 12.7. The second-order valence-corrected chi connectivity index (χ2v) is 11.1. The van der Waals surface area contributed by atoms with Gasteiger partial charge in [0, 0.05) is 21.5 Å². The van der Waals surface area contributed by atoms with Gasteiger partial charge in [-0.25, -0.2) is 13.1 Å². The van der Waals surface area contributed by atoms with Crippen LogP contribution in [0.15, 0.2) is 24.3 Å². The van der Waals surface area contributed by atoms with E-state index in [1.165, 1.54) is 0 Å². The second kappa shape index (κ2) is 7.69. The van der Waals surface area contributed by atoms with Gasteiger partial charge in [0.1, 0.15) is 5.82 Å². The van der Waals surface area contributed by atoms with Crippen LogP contribution in [0.5, 0.6) is 0 Å². The molecule has 2 aromatic rings. The monoisotopic (exact) mass is 443 g/mol. The van der Waals surface area contributed by atoms with E-state index in [-0.39, 0.29) is 35.3 Å². The lowest BCUT2D eigenvalue weighted by Gasteiger charge is -2.15. The fourth-order valence-corrected chi connectivity index (χ4v) is 5.37. The van der Waals surface area contributed by atoms with Crippen LogP contribution in [0, 0.1) is 0 Å². The summed E-state index contributed by atoms with van der Waals surface area (Å²) in [6.07, 6.45) is 0.490. The summed E-state index contributed by atoms with van der Waals surface area (Å²) in [6, 6.07) is 6.59. The number of benzene rings is 1. The van der Waals surface area contributed by atoms with Crippen molar-refractivity contribution in [2.24, 2.45) is 0 Å². The van der Waals surface area contributed by atoms with Gasteiger partial charge in [-0.2, -0.15) is 5.10 Å². The first kappa shape index (κ1) is 21.1. The Morgan fingerprint density at radius 3 is 2.46 bits per heavy atom. The number of halogens is 2. The topological polar surface area (TPSA) is 81.1 Å². The van der Waals surface area contributed by atoms with Crippen LogP contribution >= 0.6 is 23.2 Å². The third-order valence-electron chi connectivity index (χ3n) is 4.72. The highest BCUT2D eigenvalue weighted by atomic mass is 35.5. The fraction of sp³-hybridized carbons (Fsp3) is 0.474. The van der Waals surface area contributed by atoms with E-state index in [1.807, 2.05) is 20.8 Å². The van der Waals surface area contributed by atoms with Crippen molar-refractivity contribution in [2.45, 2.75) is 45.1 Å². The standard InChI is InChI=1S/C19H23Cl2N3O3S/c1-19(2,3)16-10-17(24(23-16)12-7-8-28(26,27)11-12)22-18(25)9-13-14(20)5-4-6-15(13)21/h4-6,10,12H,7-9,11H2,1-3H3,(H,22,25). The molecule has 1 aliphatic heterocycles. The molecule has 0 bridgehead atoms. The number of hydrogen-bond donors (Lipinski definition) is 1. The Kier molecular flexibility index (Phi) is 5.81. The van der Waals surface area contributed by atoms with Crippen LogP contribution in [0.4, 0.5) is 5.82 Å². The Morgan fingerprint density at radius 2 is 1.93 bits per heavy atom. The molecule has 1 aromatic carbocycles. The third-order valence-corrected chi connectivity index (χ3v) is 7.18. The van der Waals surface area contributed by atoms with Gasteiger partial charge in [-0.05, 0) is 24.1 Å². The van der Waals surface area contributed by atoms with Gasteiger partial charge in [-0.15, -0.1) is 0 Å². The Labute approximate surface area is 175 Å². The van der Waals surface area contributed by atoms with E-state index in [1.54, 1.807) is 28.9 Å². The van der Waals surface area contributed by atoms with E-state index in [9.17, 15) is 13.2 Å². The maximum Gasteiger partial charge on any atom is 0.230 e. The zero-order chi connectivity index (χ0) is 20.7. The Hall–Kier alpha value is -1.57. The van der Waals surface area contributed by atoms with Gasteiger partial charge in [-0.1, -0.05) is 50.0 Å². The molecule has 28 heavy (non-hydrogen) atoms. The Balaban J connectivity index is 1.88. The van der Waals surface area contributed by atoms with Crippen molar-refractivity contribution in [3.8, 4) is 0 Å². The molecule has 3 rings (SSSR count). The van der Waals surface area contributed by atoms with E-state index in [4.69, 9.17) is 23.2 Å². The van der Waals surface area contributed by atoms with Crippen LogP contribution in [0.3, 0.4) is 0 Å². The molecule has 0 saturated carbocycles. The predicted molar refractivity (Wildman–Crippen MR) is 112 cm³/mol. The van der Waals surface area contributed by atoms with Crippen LogP contribution in [0.2, 0.25) is 10.0 Å². The summed E-state index contributed by atoms with van der Waals surface area (Å²) in [5.74, 6) is 0.348. The SMILES string of the molecule is CC(C)(C)c1cc(NC(=O)Cc2c(Cl)cccc2Cl)n(C2CCS(=O)(=O)C2)n1. The normalized spacial score (nSPS) is 19.0. The van der Waals surface area contributed by atoms with Crippen LogP contribution in [0.25, 0.3) is 0 Å². The molecule has 1 saturated heterocycles. The first-order valence-electron chi connectivity index (χ1n) is 8.99. The third kappa shape index (κ3) is 4.70. The average Bonchev–Trinajstić information content (AvgIpc) is 3.14. The first-order chi connectivity index (χ1) is 13.0.